The zero-order chi connectivity index (χ0) is 23.3. The highest BCUT2D eigenvalue weighted by Crippen LogP contribution is 2.43. The van der Waals surface area contributed by atoms with Gasteiger partial charge in [0.05, 0.1) is 34.0 Å². The minimum atomic E-state index is -0.947. The number of ether oxygens (including phenoxy) is 1. The van der Waals surface area contributed by atoms with Crippen molar-refractivity contribution in [3.63, 3.8) is 0 Å². The van der Waals surface area contributed by atoms with E-state index in [9.17, 15) is 19.7 Å². The second-order valence-corrected chi connectivity index (χ2v) is 7.83. The van der Waals surface area contributed by atoms with Crippen LogP contribution in [0, 0.1) is 10.1 Å². The Morgan fingerprint density at radius 3 is 2.58 bits per heavy atom. The molecule has 0 aliphatic carbocycles. The number of carbonyl (C=O) groups is 1. The molecule has 164 valence electrons. The van der Waals surface area contributed by atoms with E-state index in [0.29, 0.717) is 22.4 Å². The van der Waals surface area contributed by atoms with E-state index in [1.807, 2.05) is 0 Å². The molecular formula is C24H15ClN2O6. The average Bonchev–Trinajstić information content (AvgIpc) is 3.12. The number of nitro groups is 1. The third-order valence-corrected chi connectivity index (χ3v) is 5.88. The van der Waals surface area contributed by atoms with Crippen LogP contribution in [0.4, 0.5) is 11.4 Å². The molecule has 2 heterocycles. The molecule has 1 aromatic heterocycles. The van der Waals surface area contributed by atoms with Crippen LogP contribution in [-0.2, 0) is 0 Å². The third kappa shape index (κ3) is 3.23. The standard InChI is InChI=1S/C24H15ClN2O6/c1-32-19-10-9-14(12-17(19)25)26-21(13-5-4-6-15(11-13)27(30)31)20-22(28)16-7-2-3-8-18(16)33-23(20)24(26)29/h2-12,21H,1H3/t21-/m0/s1. The fourth-order valence-electron chi connectivity index (χ4n) is 4.11. The van der Waals surface area contributed by atoms with Crippen molar-refractivity contribution in [2.24, 2.45) is 0 Å². The summed E-state index contributed by atoms with van der Waals surface area (Å²) < 4.78 is 11.1. The first kappa shape index (κ1) is 20.7. The number of carbonyl (C=O) groups excluding carboxylic acids is 1. The Morgan fingerprint density at radius 2 is 1.85 bits per heavy atom. The molecule has 0 bridgehead atoms. The summed E-state index contributed by atoms with van der Waals surface area (Å²) in [5.74, 6) is -0.246. The molecular weight excluding hydrogens is 448 g/mol. The van der Waals surface area contributed by atoms with E-state index in [2.05, 4.69) is 0 Å². The molecule has 3 aromatic carbocycles. The molecule has 1 aliphatic heterocycles. The number of benzene rings is 3. The van der Waals surface area contributed by atoms with Crippen molar-refractivity contribution in [1.29, 1.82) is 0 Å². The van der Waals surface area contributed by atoms with Gasteiger partial charge in [0, 0.05) is 17.8 Å². The number of rotatable bonds is 4. The largest absolute Gasteiger partial charge is 0.495 e. The summed E-state index contributed by atoms with van der Waals surface area (Å²) in [6.45, 7) is 0. The Hall–Kier alpha value is -4.17. The Morgan fingerprint density at radius 1 is 1.06 bits per heavy atom. The lowest BCUT2D eigenvalue weighted by atomic mass is 9.98. The van der Waals surface area contributed by atoms with Crippen LogP contribution in [0.25, 0.3) is 11.0 Å². The molecule has 0 N–H and O–H groups in total. The lowest BCUT2D eigenvalue weighted by Crippen LogP contribution is -2.29. The molecule has 33 heavy (non-hydrogen) atoms. The number of nitrogens with zero attached hydrogens (tertiary/aromatic N) is 2. The Balaban J connectivity index is 1.80. The molecule has 9 heteroatoms. The summed E-state index contributed by atoms with van der Waals surface area (Å²) >= 11 is 6.31. The van der Waals surface area contributed by atoms with Gasteiger partial charge in [-0.05, 0) is 35.9 Å². The van der Waals surface area contributed by atoms with Crippen LogP contribution in [0.1, 0.15) is 27.7 Å². The highest BCUT2D eigenvalue weighted by Gasteiger charge is 2.44. The van der Waals surface area contributed by atoms with E-state index in [1.165, 1.54) is 30.2 Å². The predicted octanol–water partition coefficient (Wildman–Crippen LogP) is 5.11. The van der Waals surface area contributed by atoms with Gasteiger partial charge in [-0.3, -0.25) is 24.6 Å². The normalized spacial score (nSPS) is 15.0. The van der Waals surface area contributed by atoms with Crippen molar-refractivity contribution < 1.29 is 18.9 Å². The number of non-ortho nitro benzene ring substituents is 1. The van der Waals surface area contributed by atoms with E-state index in [4.69, 9.17) is 20.8 Å². The third-order valence-electron chi connectivity index (χ3n) is 5.59. The summed E-state index contributed by atoms with van der Waals surface area (Å²) in [5, 5.41) is 12.0. The van der Waals surface area contributed by atoms with E-state index in [0.717, 1.165) is 0 Å². The van der Waals surface area contributed by atoms with Crippen LogP contribution in [0.3, 0.4) is 0 Å². The quantitative estimate of drug-likeness (QED) is 0.308. The molecule has 0 unspecified atom stereocenters. The Bertz CT molecular complexity index is 1510. The van der Waals surface area contributed by atoms with Gasteiger partial charge >= 0.3 is 0 Å². The van der Waals surface area contributed by atoms with Crippen molar-refractivity contribution in [1.82, 2.24) is 0 Å². The molecule has 1 aliphatic rings. The highest BCUT2D eigenvalue weighted by atomic mass is 35.5. The summed E-state index contributed by atoms with van der Waals surface area (Å²) in [7, 11) is 1.47. The number of hydrogen-bond donors (Lipinski definition) is 0. The molecule has 1 amide bonds. The fourth-order valence-corrected chi connectivity index (χ4v) is 4.37. The van der Waals surface area contributed by atoms with E-state index < -0.39 is 16.9 Å². The van der Waals surface area contributed by atoms with Gasteiger partial charge in [0.25, 0.3) is 11.6 Å². The molecule has 0 fully saturated rings. The van der Waals surface area contributed by atoms with Gasteiger partial charge in [-0.15, -0.1) is 0 Å². The molecule has 5 rings (SSSR count). The highest BCUT2D eigenvalue weighted by molar-refractivity contribution is 6.32. The number of methoxy groups -OCH3 is 1. The minimum Gasteiger partial charge on any atom is -0.495 e. The van der Waals surface area contributed by atoms with Gasteiger partial charge < -0.3 is 9.15 Å². The molecule has 0 spiro atoms. The Labute approximate surface area is 191 Å². The van der Waals surface area contributed by atoms with Crippen LogP contribution >= 0.6 is 11.6 Å². The maximum absolute atomic E-state index is 13.5. The number of halogens is 1. The summed E-state index contributed by atoms with van der Waals surface area (Å²) in [4.78, 5) is 39.3. The fraction of sp³-hybridized carbons (Fsp3) is 0.0833. The van der Waals surface area contributed by atoms with E-state index >= 15 is 0 Å². The van der Waals surface area contributed by atoms with Crippen molar-refractivity contribution >= 4 is 39.9 Å². The maximum Gasteiger partial charge on any atom is 0.295 e. The number of fused-ring (bicyclic) bond motifs is 2. The van der Waals surface area contributed by atoms with Crippen molar-refractivity contribution in [2.75, 3.05) is 12.0 Å². The lowest BCUT2D eigenvalue weighted by Gasteiger charge is -2.25. The monoisotopic (exact) mass is 462 g/mol. The zero-order valence-corrected chi connectivity index (χ0v) is 17.9. The second-order valence-electron chi connectivity index (χ2n) is 7.42. The summed E-state index contributed by atoms with van der Waals surface area (Å²) in [5.41, 5.74) is 0.640. The van der Waals surface area contributed by atoms with Crippen molar-refractivity contribution in [2.45, 2.75) is 6.04 Å². The topological polar surface area (TPSA) is 103 Å². The van der Waals surface area contributed by atoms with Gasteiger partial charge in [0.2, 0.25) is 5.76 Å². The van der Waals surface area contributed by atoms with Crippen LogP contribution in [0.2, 0.25) is 5.02 Å². The smallest absolute Gasteiger partial charge is 0.295 e. The second kappa shape index (κ2) is 7.75. The van der Waals surface area contributed by atoms with Crippen molar-refractivity contribution in [3.05, 3.63) is 109 Å². The molecule has 4 aromatic rings. The summed E-state index contributed by atoms with van der Waals surface area (Å²) in [6, 6.07) is 16.3. The van der Waals surface area contributed by atoms with Gasteiger partial charge in [0.1, 0.15) is 11.3 Å². The van der Waals surface area contributed by atoms with Crippen molar-refractivity contribution in [3.8, 4) is 5.75 Å². The first-order valence-electron chi connectivity index (χ1n) is 9.88. The lowest BCUT2D eigenvalue weighted by molar-refractivity contribution is -0.384. The SMILES string of the molecule is COc1ccc(N2C(=O)c3oc4ccccc4c(=O)c3[C@@H]2c2cccc([N+](=O)[O-])c2)cc1Cl. The average molecular weight is 463 g/mol. The first-order valence-corrected chi connectivity index (χ1v) is 10.3. The molecule has 0 radical (unpaired) electrons. The number of amides is 1. The molecule has 1 atom stereocenters. The van der Waals surface area contributed by atoms with Gasteiger partial charge in [-0.1, -0.05) is 35.9 Å². The number of anilines is 1. The van der Waals surface area contributed by atoms with Gasteiger partial charge in [-0.25, -0.2) is 0 Å². The van der Waals surface area contributed by atoms with Crippen LogP contribution in [0.5, 0.6) is 5.75 Å². The van der Waals surface area contributed by atoms with Gasteiger partial charge in [0.15, 0.2) is 5.43 Å². The number of para-hydroxylation sites is 1. The molecule has 0 saturated carbocycles. The number of hydrogen-bond acceptors (Lipinski definition) is 6. The number of nitro benzene ring substituents is 1. The Kier molecular flexibility index (Phi) is 4.87. The molecule has 0 saturated heterocycles. The van der Waals surface area contributed by atoms with E-state index in [-0.39, 0.29) is 33.0 Å². The first-order chi connectivity index (χ1) is 15.9. The maximum atomic E-state index is 13.5. The molecule has 8 nitrogen and oxygen atoms in total. The van der Waals surface area contributed by atoms with Gasteiger partial charge in [-0.2, -0.15) is 0 Å². The summed E-state index contributed by atoms with van der Waals surface area (Å²) in [6.07, 6.45) is 0. The predicted molar refractivity (Wildman–Crippen MR) is 122 cm³/mol. The zero-order valence-electron chi connectivity index (χ0n) is 17.2. The van der Waals surface area contributed by atoms with E-state index in [1.54, 1.807) is 48.5 Å². The van der Waals surface area contributed by atoms with Crippen LogP contribution in [-0.4, -0.2) is 17.9 Å². The minimum absolute atomic E-state index is 0.109. The van der Waals surface area contributed by atoms with Crippen LogP contribution in [0.15, 0.2) is 75.9 Å². The van der Waals surface area contributed by atoms with Crippen LogP contribution < -0.4 is 15.1 Å².